The summed E-state index contributed by atoms with van der Waals surface area (Å²) in [4.78, 5) is 7.79. The SMILES string of the molecule is COc1ccc2nc(-c3ccc(O)c(I)c3)[nH]c2c1. The van der Waals surface area contributed by atoms with Crippen molar-refractivity contribution in [1.29, 1.82) is 0 Å². The lowest BCUT2D eigenvalue weighted by atomic mass is 10.2. The topological polar surface area (TPSA) is 58.1 Å². The molecule has 0 amide bonds. The van der Waals surface area contributed by atoms with E-state index in [0.29, 0.717) is 0 Å². The van der Waals surface area contributed by atoms with Crippen LogP contribution in [0.4, 0.5) is 0 Å². The number of halogens is 1. The molecule has 5 heteroatoms. The predicted molar refractivity (Wildman–Crippen MR) is 82.5 cm³/mol. The molecular weight excluding hydrogens is 355 g/mol. The third kappa shape index (κ3) is 2.25. The maximum atomic E-state index is 9.54. The quantitative estimate of drug-likeness (QED) is 0.682. The summed E-state index contributed by atoms with van der Waals surface area (Å²) < 4.78 is 5.99. The van der Waals surface area contributed by atoms with Gasteiger partial charge in [0.05, 0.1) is 21.7 Å². The number of benzene rings is 2. The van der Waals surface area contributed by atoms with Crippen molar-refractivity contribution in [1.82, 2.24) is 9.97 Å². The van der Waals surface area contributed by atoms with Gasteiger partial charge in [0.1, 0.15) is 17.3 Å². The molecule has 1 heterocycles. The molecule has 0 aliphatic carbocycles. The van der Waals surface area contributed by atoms with Crippen LogP contribution in [0.3, 0.4) is 0 Å². The molecule has 3 aromatic rings. The molecule has 2 N–H and O–H groups in total. The molecule has 0 fully saturated rings. The molecule has 3 rings (SSSR count). The molecule has 1 aromatic heterocycles. The Morgan fingerprint density at radius 2 is 2.05 bits per heavy atom. The van der Waals surface area contributed by atoms with E-state index >= 15 is 0 Å². The average molecular weight is 366 g/mol. The standard InChI is InChI=1S/C14H11IN2O2/c1-19-9-3-4-11-12(7-9)17-14(16-11)8-2-5-13(18)10(15)6-8/h2-7,18H,1H3,(H,16,17). The van der Waals surface area contributed by atoms with Gasteiger partial charge in [0, 0.05) is 11.6 Å². The van der Waals surface area contributed by atoms with Gasteiger partial charge < -0.3 is 14.8 Å². The number of phenols is 1. The van der Waals surface area contributed by atoms with Crippen molar-refractivity contribution in [2.45, 2.75) is 0 Å². The number of H-pyrrole nitrogens is 1. The largest absolute Gasteiger partial charge is 0.507 e. The van der Waals surface area contributed by atoms with E-state index in [1.54, 1.807) is 13.2 Å². The average Bonchev–Trinajstić information content (AvgIpc) is 2.84. The Bertz CT molecular complexity index is 752. The number of aromatic nitrogens is 2. The highest BCUT2D eigenvalue weighted by atomic mass is 127. The lowest BCUT2D eigenvalue weighted by Gasteiger charge is -1.99. The molecule has 0 saturated heterocycles. The van der Waals surface area contributed by atoms with Gasteiger partial charge in [-0.1, -0.05) is 0 Å². The number of nitrogens with one attached hydrogen (secondary N) is 1. The number of hydrogen-bond donors (Lipinski definition) is 2. The van der Waals surface area contributed by atoms with Crippen LogP contribution in [0.25, 0.3) is 22.4 Å². The molecule has 0 aliphatic rings. The van der Waals surface area contributed by atoms with Crippen molar-refractivity contribution in [2.75, 3.05) is 7.11 Å². The van der Waals surface area contributed by atoms with Crippen molar-refractivity contribution in [3.8, 4) is 22.9 Å². The Kier molecular flexibility index (Phi) is 3.06. The molecule has 0 radical (unpaired) electrons. The number of ether oxygens (including phenoxy) is 1. The fraction of sp³-hybridized carbons (Fsp3) is 0.0714. The fourth-order valence-electron chi connectivity index (χ4n) is 1.91. The van der Waals surface area contributed by atoms with Crippen LogP contribution in [-0.4, -0.2) is 22.2 Å². The smallest absolute Gasteiger partial charge is 0.138 e. The number of methoxy groups -OCH3 is 1. The second-order valence-corrected chi connectivity index (χ2v) is 5.30. The predicted octanol–water partition coefficient (Wildman–Crippen LogP) is 3.55. The summed E-state index contributed by atoms with van der Waals surface area (Å²) in [6.07, 6.45) is 0. The number of aromatic hydroxyl groups is 1. The zero-order chi connectivity index (χ0) is 13.4. The van der Waals surface area contributed by atoms with Gasteiger partial charge in [-0.2, -0.15) is 0 Å². The van der Waals surface area contributed by atoms with Gasteiger partial charge in [0.2, 0.25) is 0 Å². The second kappa shape index (κ2) is 4.73. The minimum atomic E-state index is 0.280. The fourth-order valence-corrected chi connectivity index (χ4v) is 2.42. The van der Waals surface area contributed by atoms with Gasteiger partial charge in [-0.25, -0.2) is 4.98 Å². The molecule has 2 aromatic carbocycles. The molecule has 19 heavy (non-hydrogen) atoms. The minimum Gasteiger partial charge on any atom is -0.507 e. The normalized spacial score (nSPS) is 10.8. The summed E-state index contributed by atoms with van der Waals surface area (Å²) in [5.41, 5.74) is 2.76. The highest BCUT2D eigenvalue weighted by molar-refractivity contribution is 14.1. The monoisotopic (exact) mass is 366 g/mol. The number of imidazole rings is 1. The van der Waals surface area contributed by atoms with Crippen LogP contribution in [0.15, 0.2) is 36.4 Å². The van der Waals surface area contributed by atoms with Crippen LogP contribution < -0.4 is 4.74 Å². The highest BCUT2D eigenvalue weighted by Gasteiger charge is 2.08. The Balaban J connectivity index is 2.11. The Hall–Kier alpha value is -1.76. The third-order valence-corrected chi connectivity index (χ3v) is 3.77. The van der Waals surface area contributed by atoms with E-state index in [1.807, 2.05) is 30.3 Å². The molecule has 0 aliphatic heterocycles. The molecule has 0 saturated carbocycles. The number of hydrogen-bond acceptors (Lipinski definition) is 3. The van der Waals surface area contributed by atoms with Gasteiger partial charge in [-0.05, 0) is 52.9 Å². The zero-order valence-electron chi connectivity index (χ0n) is 10.1. The van der Waals surface area contributed by atoms with E-state index in [0.717, 1.165) is 31.7 Å². The van der Waals surface area contributed by atoms with E-state index in [-0.39, 0.29) is 5.75 Å². The zero-order valence-corrected chi connectivity index (χ0v) is 12.3. The van der Waals surface area contributed by atoms with Crippen LogP contribution in [0.5, 0.6) is 11.5 Å². The Morgan fingerprint density at radius 3 is 2.79 bits per heavy atom. The van der Waals surface area contributed by atoms with Crippen LogP contribution >= 0.6 is 22.6 Å². The maximum Gasteiger partial charge on any atom is 0.138 e. The van der Waals surface area contributed by atoms with Gasteiger partial charge in [-0.15, -0.1) is 0 Å². The first-order chi connectivity index (χ1) is 9.17. The van der Waals surface area contributed by atoms with E-state index in [4.69, 9.17) is 4.74 Å². The Labute approximate surface area is 123 Å². The minimum absolute atomic E-state index is 0.280. The van der Waals surface area contributed by atoms with E-state index in [2.05, 4.69) is 32.6 Å². The number of aromatic amines is 1. The lowest BCUT2D eigenvalue weighted by molar-refractivity contribution is 0.415. The summed E-state index contributed by atoms with van der Waals surface area (Å²) in [5.74, 6) is 1.85. The van der Waals surface area contributed by atoms with Crippen molar-refractivity contribution < 1.29 is 9.84 Å². The number of rotatable bonds is 2. The van der Waals surface area contributed by atoms with E-state index < -0.39 is 0 Å². The van der Waals surface area contributed by atoms with Crippen LogP contribution in [-0.2, 0) is 0 Å². The third-order valence-electron chi connectivity index (χ3n) is 2.91. The number of nitrogens with zero attached hydrogens (tertiary/aromatic N) is 1. The molecule has 0 spiro atoms. The summed E-state index contributed by atoms with van der Waals surface area (Å²) >= 11 is 2.09. The van der Waals surface area contributed by atoms with Crippen LogP contribution in [0.1, 0.15) is 0 Å². The highest BCUT2D eigenvalue weighted by Crippen LogP contribution is 2.27. The number of fused-ring (bicyclic) bond motifs is 1. The summed E-state index contributed by atoms with van der Waals surface area (Å²) in [5, 5.41) is 9.54. The lowest BCUT2D eigenvalue weighted by Crippen LogP contribution is -1.82. The van der Waals surface area contributed by atoms with Gasteiger partial charge >= 0.3 is 0 Å². The van der Waals surface area contributed by atoms with Crippen LogP contribution in [0.2, 0.25) is 0 Å². The van der Waals surface area contributed by atoms with Crippen molar-refractivity contribution in [3.63, 3.8) is 0 Å². The second-order valence-electron chi connectivity index (χ2n) is 4.13. The molecule has 0 unspecified atom stereocenters. The van der Waals surface area contributed by atoms with E-state index in [1.165, 1.54) is 0 Å². The molecule has 0 atom stereocenters. The van der Waals surface area contributed by atoms with Crippen molar-refractivity contribution >= 4 is 33.6 Å². The van der Waals surface area contributed by atoms with Gasteiger partial charge in [0.15, 0.2) is 0 Å². The number of phenolic OH excluding ortho intramolecular Hbond substituents is 1. The van der Waals surface area contributed by atoms with Crippen molar-refractivity contribution in [2.24, 2.45) is 0 Å². The van der Waals surface area contributed by atoms with Gasteiger partial charge in [-0.3, -0.25) is 0 Å². The first-order valence-corrected chi connectivity index (χ1v) is 6.78. The molecule has 96 valence electrons. The van der Waals surface area contributed by atoms with E-state index in [9.17, 15) is 5.11 Å². The summed E-state index contributed by atoms with van der Waals surface area (Å²) in [6, 6.07) is 11.1. The first kappa shape index (κ1) is 12.3. The molecule has 0 bridgehead atoms. The Morgan fingerprint density at radius 1 is 1.21 bits per heavy atom. The van der Waals surface area contributed by atoms with Crippen LogP contribution in [0, 0.1) is 3.57 Å². The summed E-state index contributed by atoms with van der Waals surface area (Å²) in [7, 11) is 1.64. The summed E-state index contributed by atoms with van der Waals surface area (Å²) in [6.45, 7) is 0. The van der Waals surface area contributed by atoms with Gasteiger partial charge in [0.25, 0.3) is 0 Å². The molecule has 4 nitrogen and oxygen atoms in total. The molecular formula is C14H11IN2O2. The van der Waals surface area contributed by atoms with Crippen molar-refractivity contribution in [3.05, 3.63) is 40.0 Å². The first-order valence-electron chi connectivity index (χ1n) is 5.70. The maximum absolute atomic E-state index is 9.54.